The number of carbonyl (C=O) groups excluding carboxylic acids is 2. The number of rotatable bonds is 5. The molecule has 0 radical (unpaired) electrons. The Labute approximate surface area is 179 Å². The van der Waals surface area contributed by atoms with E-state index in [0.29, 0.717) is 22.8 Å². The van der Waals surface area contributed by atoms with Crippen molar-refractivity contribution < 1.29 is 18.0 Å². The van der Waals surface area contributed by atoms with Gasteiger partial charge in [0.2, 0.25) is 11.8 Å². The average molecular weight is 453 g/mol. The molecule has 2 N–H and O–H groups in total. The third kappa shape index (κ3) is 5.52. The second-order valence-corrected chi connectivity index (χ2v) is 10.9. The van der Waals surface area contributed by atoms with Gasteiger partial charge in [0, 0.05) is 33.7 Å². The van der Waals surface area contributed by atoms with Gasteiger partial charge in [0.25, 0.3) is 0 Å². The van der Waals surface area contributed by atoms with Gasteiger partial charge in [0.05, 0.1) is 16.3 Å². The first kappa shape index (κ1) is 21.7. The van der Waals surface area contributed by atoms with Crippen molar-refractivity contribution in [3.8, 4) is 0 Å². The molecule has 2 aromatic carbocycles. The molecule has 9 heteroatoms. The van der Waals surface area contributed by atoms with Crippen LogP contribution in [-0.2, 0) is 19.4 Å². The van der Waals surface area contributed by atoms with E-state index in [1.165, 1.54) is 23.9 Å². The lowest BCUT2D eigenvalue weighted by Crippen LogP contribution is -2.18. The lowest BCUT2D eigenvalue weighted by Gasteiger charge is -2.11. The average Bonchev–Trinajstić information content (AvgIpc) is 2.78. The van der Waals surface area contributed by atoms with E-state index in [9.17, 15) is 18.0 Å². The summed E-state index contributed by atoms with van der Waals surface area (Å²) in [5.74, 6) is -0.893. The first-order valence-electron chi connectivity index (χ1n) is 9.03. The fourth-order valence-electron chi connectivity index (χ4n) is 2.91. The first-order chi connectivity index (χ1) is 13.6. The minimum absolute atomic E-state index is 0.0819. The Kier molecular flexibility index (Phi) is 6.55. The van der Waals surface area contributed by atoms with Gasteiger partial charge < -0.3 is 10.6 Å². The van der Waals surface area contributed by atoms with Crippen LogP contribution in [-0.4, -0.2) is 31.2 Å². The zero-order valence-corrected chi connectivity index (χ0v) is 18.4. The van der Waals surface area contributed by atoms with Gasteiger partial charge in [0.15, 0.2) is 9.84 Å². The van der Waals surface area contributed by atoms with E-state index in [2.05, 4.69) is 10.6 Å². The monoisotopic (exact) mass is 452 g/mol. The van der Waals surface area contributed by atoms with Crippen molar-refractivity contribution in [2.45, 2.75) is 41.7 Å². The topological polar surface area (TPSA) is 92.3 Å². The number of halogens is 1. The number of amides is 2. The first-order valence-corrected chi connectivity index (χ1v) is 11.9. The molecule has 1 heterocycles. The fraction of sp³-hybridized carbons (Fsp3) is 0.300. The highest BCUT2D eigenvalue weighted by Crippen LogP contribution is 2.36. The van der Waals surface area contributed by atoms with Gasteiger partial charge in [-0.15, -0.1) is 11.8 Å². The second kappa shape index (κ2) is 8.77. The molecule has 154 valence electrons. The Morgan fingerprint density at radius 1 is 1.28 bits per heavy atom. The van der Waals surface area contributed by atoms with Crippen molar-refractivity contribution in [2.75, 3.05) is 16.4 Å². The number of hydrogen-bond acceptors (Lipinski definition) is 5. The molecule has 2 aromatic rings. The lowest BCUT2D eigenvalue weighted by atomic mass is 10.2. The SMILES string of the molecule is Cc1ccc(Cl)cc1NC(=O)CCS(=O)(=O)c1ccc2c(c1)NC(=O)CC(C)S2. The highest BCUT2D eigenvalue weighted by molar-refractivity contribution is 8.00. The van der Waals surface area contributed by atoms with Gasteiger partial charge in [-0.25, -0.2) is 8.42 Å². The van der Waals surface area contributed by atoms with Crippen molar-refractivity contribution in [2.24, 2.45) is 0 Å². The molecule has 0 fully saturated rings. The van der Waals surface area contributed by atoms with Crippen molar-refractivity contribution in [3.05, 3.63) is 47.0 Å². The van der Waals surface area contributed by atoms with Crippen LogP contribution in [0.2, 0.25) is 5.02 Å². The van der Waals surface area contributed by atoms with Crippen LogP contribution in [0.25, 0.3) is 0 Å². The van der Waals surface area contributed by atoms with Gasteiger partial charge in [-0.3, -0.25) is 9.59 Å². The third-order valence-corrected chi connectivity index (χ3v) is 7.58. The molecule has 0 saturated carbocycles. The van der Waals surface area contributed by atoms with E-state index in [4.69, 9.17) is 11.6 Å². The lowest BCUT2D eigenvalue weighted by molar-refractivity contribution is -0.116. The van der Waals surface area contributed by atoms with Crippen LogP contribution in [0.4, 0.5) is 11.4 Å². The van der Waals surface area contributed by atoms with Crippen LogP contribution < -0.4 is 10.6 Å². The van der Waals surface area contributed by atoms with Crippen LogP contribution in [0.15, 0.2) is 46.2 Å². The maximum absolute atomic E-state index is 12.7. The maximum atomic E-state index is 12.7. The Morgan fingerprint density at radius 3 is 2.79 bits per heavy atom. The molecule has 1 aliphatic rings. The molecule has 6 nitrogen and oxygen atoms in total. The van der Waals surface area contributed by atoms with Gasteiger partial charge >= 0.3 is 0 Å². The van der Waals surface area contributed by atoms with Gasteiger partial charge in [-0.05, 0) is 42.8 Å². The summed E-state index contributed by atoms with van der Waals surface area (Å²) in [5, 5.41) is 6.05. The molecule has 3 rings (SSSR count). The standard InChI is InChI=1S/C20H21ClN2O4S2/c1-12-3-4-14(21)10-16(12)22-19(24)7-8-29(26,27)15-5-6-18-17(11-15)23-20(25)9-13(2)28-18/h3-6,10-11,13H,7-9H2,1-2H3,(H,22,24)(H,23,25). The van der Waals surface area contributed by atoms with E-state index in [1.54, 1.807) is 24.3 Å². The van der Waals surface area contributed by atoms with E-state index in [0.717, 1.165) is 10.5 Å². The van der Waals surface area contributed by atoms with Crippen LogP contribution in [0.1, 0.15) is 25.3 Å². The van der Waals surface area contributed by atoms with E-state index in [-0.39, 0.29) is 28.2 Å². The highest BCUT2D eigenvalue weighted by Gasteiger charge is 2.23. The Morgan fingerprint density at radius 2 is 2.03 bits per heavy atom. The van der Waals surface area contributed by atoms with Crippen molar-refractivity contribution >= 4 is 56.4 Å². The third-order valence-electron chi connectivity index (χ3n) is 4.46. The second-order valence-electron chi connectivity index (χ2n) is 6.92. The van der Waals surface area contributed by atoms with E-state index in [1.807, 2.05) is 13.8 Å². The molecule has 1 unspecified atom stereocenters. The number of carbonyl (C=O) groups is 2. The summed E-state index contributed by atoms with van der Waals surface area (Å²) in [5.41, 5.74) is 1.88. The molecule has 29 heavy (non-hydrogen) atoms. The highest BCUT2D eigenvalue weighted by atomic mass is 35.5. The van der Waals surface area contributed by atoms with Crippen LogP contribution in [0.5, 0.6) is 0 Å². The summed E-state index contributed by atoms with van der Waals surface area (Å²) in [6.07, 6.45) is 0.175. The van der Waals surface area contributed by atoms with Gasteiger partial charge in [0.1, 0.15) is 0 Å². The largest absolute Gasteiger partial charge is 0.326 e. The summed E-state index contributed by atoms with van der Waals surface area (Å²) in [4.78, 5) is 25.1. The van der Waals surface area contributed by atoms with Gasteiger partial charge in [-0.1, -0.05) is 24.6 Å². The van der Waals surface area contributed by atoms with Crippen LogP contribution in [0, 0.1) is 6.92 Å². The summed E-state index contributed by atoms with van der Waals surface area (Å²) >= 11 is 7.46. The van der Waals surface area contributed by atoms with Crippen LogP contribution >= 0.6 is 23.4 Å². The molecular formula is C20H21ClN2O4S2. The van der Waals surface area contributed by atoms with Gasteiger partial charge in [-0.2, -0.15) is 0 Å². The summed E-state index contributed by atoms with van der Waals surface area (Å²) in [7, 11) is -3.69. The Balaban J connectivity index is 1.70. The van der Waals surface area contributed by atoms with Crippen molar-refractivity contribution in [1.82, 2.24) is 0 Å². The number of aryl methyl sites for hydroxylation is 1. The number of sulfone groups is 1. The minimum Gasteiger partial charge on any atom is -0.326 e. The molecule has 0 aliphatic carbocycles. The molecule has 1 atom stereocenters. The number of anilines is 2. The predicted octanol–water partition coefficient (Wildman–Crippen LogP) is 4.27. The predicted molar refractivity (Wildman–Crippen MR) is 116 cm³/mol. The zero-order chi connectivity index (χ0) is 21.2. The summed E-state index contributed by atoms with van der Waals surface area (Å²) in [6.45, 7) is 3.77. The normalized spacial score (nSPS) is 16.5. The van der Waals surface area contributed by atoms with E-state index < -0.39 is 15.7 Å². The van der Waals surface area contributed by atoms with Crippen molar-refractivity contribution in [1.29, 1.82) is 0 Å². The Hall–Kier alpha value is -2.03. The van der Waals surface area contributed by atoms with Crippen molar-refractivity contribution in [3.63, 3.8) is 0 Å². The zero-order valence-electron chi connectivity index (χ0n) is 16.0. The number of fused-ring (bicyclic) bond motifs is 1. The molecule has 0 spiro atoms. The molecule has 2 amide bonds. The number of nitrogens with one attached hydrogen (secondary N) is 2. The minimum atomic E-state index is -3.69. The maximum Gasteiger partial charge on any atom is 0.225 e. The molecule has 1 aliphatic heterocycles. The van der Waals surface area contributed by atoms with Crippen LogP contribution in [0.3, 0.4) is 0 Å². The number of benzene rings is 2. The molecule has 0 aromatic heterocycles. The molecular weight excluding hydrogens is 432 g/mol. The molecule has 0 saturated heterocycles. The number of hydrogen-bond donors (Lipinski definition) is 2. The summed E-state index contributed by atoms with van der Waals surface area (Å²) < 4.78 is 25.4. The van der Waals surface area contributed by atoms with E-state index >= 15 is 0 Å². The smallest absolute Gasteiger partial charge is 0.225 e. The number of thioether (sulfide) groups is 1. The fourth-order valence-corrected chi connectivity index (χ4v) is 5.40. The molecule has 0 bridgehead atoms. The Bertz CT molecular complexity index is 1070. The quantitative estimate of drug-likeness (QED) is 0.706. The summed E-state index contributed by atoms with van der Waals surface area (Å²) in [6, 6.07) is 9.79.